The van der Waals surface area contributed by atoms with E-state index in [0.29, 0.717) is 25.8 Å². The van der Waals surface area contributed by atoms with Gasteiger partial charge in [-0.25, -0.2) is 4.79 Å². The minimum atomic E-state index is -1.65. The number of carbonyl (C=O) groups excluding carboxylic acids is 5. The van der Waals surface area contributed by atoms with Crippen LogP contribution in [0.15, 0.2) is 0 Å². The van der Waals surface area contributed by atoms with Crippen molar-refractivity contribution in [2.24, 2.45) is 23.1 Å². The summed E-state index contributed by atoms with van der Waals surface area (Å²) in [6.45, 7) is 4.03. The SMILES string of the molecule is CCC(C)C(N)C(=O)N1CCCC1C(=O)NC(CC(N)=O)C(=O)NC(CC(N)=O)C(=O)O. The van der Waals surface area contributed by atoms with E-state index in [2.05, 4.69) is 10.6 Å². The number of amides is 5. The van der Waals surface area contributed by atoms with E-state index >= 15 is 0 Å². The number of aliphatic carboxylic acids is 1. The molecule has 9 N–H and O–H groups in total. The van der Waals surface area contributed by atoms with Gasteiger partial charge in [0, 0.05) is 6.54 Å². The molecule has 0 radical (unpaired) electrons. The van der Waals surface area contributed by atoms with Crippen LogP contribution in [0.4, 0.5) is 0 Å². The van der Waals surface area contributed by atoms with E-state index in [9.17, 15) is 28.8 Å². The molecular formula is C19H32N6O7. The highest BCUT2D eigenvalue weighted by atomic mass is 16.4. The van der Waals surface area contributed by atoms with E-state index in [-0.39, 0.29) is 11.8 Å². The van der Waals surface area contributed by atoms with Gasteiger partial charge in [0.15, 0.2) is 0 Å². The molecule has 0 bridgehead atoms. The molecule has 1 aliphatic heterocycles. The number of nitrogens with two attached hydrogens (primary N) is 3. The standard InChI is InChI=1S/C19H32N6O7/c1-3-9(2)15(22)18(30)25-6-4-5-12(25)17(29)23-10(7-13(20)26)16(28)24-11(19(31)32)8-14(21)27/h9-12,15H,3-8,22H2,1-2H3,(H2,20,26)(H2,21,27)(H,23,29)(H,24,28)(H,31,32). The van der Waals surface area contributed by atoms with Gasteiger partial charge in [-0.3, -0.25) is 24.0 Å². The summed E-state index contributed by atoms with van der Waals surface area (Å²) in [5, 5.41) is 13.6. The normalized spacial score (nSPS) is 19.3. The van der Waals surface area contributed by atoms with Crippen LogP contribution in [0.1, 0.15) is 46.0 Å². The number of hydrogen-bond acceptors (Lipinski definition) is 7. The quantitative estimate of drug-likeness (QED) is 0.179. The number of nitrogens with zero attached hydrogens (tertiary/aromatic N) is 1. The summed E-state index contributed by atoms with van der Waals surface area (Å²) in [6.07, 6.45) is 0.247. The molecular weight excluding hydrogens is 424 g/mol. The Balaban J connectivity index is 2.95. The van der Waals surface area contributed by atoms with Gasteiger partial charge in [0.1, 0.15) is 18.1 Å². The summed E-state index contributed by atoms with van der Waals surface area (Å²) in [6, 6.07) is -4.84. The zero-order valence-electron chi connectivity index (χ0n) is 18.2. The Morgan fingerprint density at radius 1 is 1.03 bits per heavy atom. The number of nitrogens with one attached hydrogen (secondary N) is 2. The molecule has 0 aromatic carbocycles. The lowest BCUT2D eigenvalue weighted by Gasteiger charge is -2.30. The average Bonchev–Trinajstić information content (AvgIpc) is 3.20. The van der Waals surface area contributed by atoms with Crippen LogP contribution in [-0.2, 0) is 28.8 Å². The Morgan fingerprint density at radius 2 is 1.59 bits per heavy atom. The van der Waals surface area contributed by atoms with Gasteiger partial charge in [-0.1, -0.05) is 20.3 Å². The molecule has 13 heteroatoms. The lowest BCUT2D eigenvalue weighted by atomic mass is 9.98. The van der Waals surface area contributed by atoms with E-state index in [1.165, 1.54) is 4.90 Å². The van der Waals surface area contributed by atoms with Crippen LogP contribution < -0.4 is 27.8 Å². The molecule has 1 rings (SSSR count). The van der Waals surface area contributed by atoms with Gasteiger partial charge >= 0.3 is 5.97 Å². The average molecular weight is 457 g/mol. The zero-order valence-corrected chi connectivity index (χ0v) is 18.2. The van der Waals surface area contributed by atoms with Crippen LogP contribution in [0.2, 0.25) is 0 Å². The fourth-order valence-corrected chi connectivity index (χ4v) is 3.34. The van der Waals surface area contributed by atoms with Gasteiger partial charge < -0.3 is 37.8 Å². The maximum atomic E-state index is 12.8. The van der Waals surface area contributed by atoms with Gasteiger partial charge in [0.05, 0.1) is 18.9 Å². The summed E-state index contributed by atoms with van der Waals surface area (Å²) in [4.78, 5) is 73.2. The van der Waals surface area contributed by atoms with E-state index in [0.717, 1.165) is 0 Å². The van der Waals surface area contributed by atoms with Crippen molar-refractivity contribution in [3.05, 3.63) is 0 Å². The molecule has 13 nitrogen and oxygen atoms in total. The highest BCUT2D eigenvalue weighted by molar-refractivity contribution is 5.97. The number of carboxylic acid groups (broad SMARTS) is 1. The van der Waals surface area contributed by atoms with E-state index < -0.39 is 66.6 Å². The predicted octanol–water partition coefficient (Wildman–Crippen LogP) is -2.84. The second kappa shape index (κ2) is 12.0. The second-order valence-corrected chi connectivity index (χ2v) is 7.90. The van der Waals surface area contributed by atoms with Crippen molar-refractivity contribution in [1.82, 2.24) is 15.5 Å². The second-order valence-electron chi connectivity index (χ2n) is 7.90. The van der Waals surface area contributed by atoms with Crippen molar-refractivity contribution in [2.75, 3.05) is 6.54 Å². The molecule has 5 amide bonds. The summed E-state index contributed by atoms with van der Waals surface area (Å²) >= 11 is 0. The minimum absolute atomic E-state index is 0.0987. The Labute approximate surface area is 185 Å². The van der Waals surface area contributed by atoms with Crippen molar-refractivity contribution < 1.29 is 33.9 Å². The first-order valence-corrected chi connectivity index (χ1v) is 10.3. The first kappa shape index (κ1) is 26.8. The topological polar surface area (TPSA) is 228 Å². The van der Waals surface area contributed by atoms with Gasteiger partial charge in [0.25, 0.3) is 0 Å². The van der Waals surface area contributed by atoms with Gasteiger partial charge in [-0.05, 0) is 18.8 Å². The first-order chi connectivity index (χ1) is 14.9. The van der Waals surface area contributed by atoms with Crippen molar-refractivity contribution in [2.45, 2.75) is 70.1 Å². The maximum absolute atomic E-state index is 12.8. The van der Waals surface area contributed by atoms with Crippen LogP contribution in [0.25, 0.3) is 0 Å². The number of carbonyl (C=O) groups is 6. The molecule has 5 atom stereocenters. The molecule has 1 heterocycles. The summed E-state index contributed by atoms with van der Waals surface area (Å²) < 4.78 is 0. The molecule has 1 aliphatic rings. The van der Waals surface area contributed by atoms with Crippen molar-refractivity contribution >= 4 is 35.5 Å². The molecule has 1 fully saturated rings. The van der Waals surface area contributed by atoms with Gasteiger partial charge in [-0.15, -0.1) is 0 Å². The molecule has 1 saturated heterocycles. The van der Waals surface area contributed by atoms with Crippen molar-refractivity contribution in [3.63, 3.8) is 0 Å². The fourth-order valence-electron chi connectivity index (χ4n) is 3.34. The zero-order chi connectivity index (χ0) is 24.6. The molecule has 0 aliphatic carbocycles. The first-order valence-electron chi connectivity index (χ1n) is 10.3. The highest BCUT2D eigenvalue weighted by Gasteiger charge is 2.39. The third-order valence-corrected chi connectivity index (χ3v) is 5.44. The number of primary amides is 2. The molecule has 180 valence electrons. The van der Waals surface area contributed by atoms with Crippen LogP contribution in [-0.4, -0.2) is 76.2 Å². The lowest BCUT2D eigenvalue weighted by Crippen LogP contribution is -2.58. The van der Waals surface area contributed by atoms with E-state index in [4.69, 9.17) is 22.3 Å². The third-order valence-electron chi connectivity index (χ3n) is 5.44. The number of rotatable bonds is 12. The van der Waals surface area contributed by atoms with Crippen molar-refractivity contribution in [1.29, 1.82) is 0 Å². The lowest BCUT2D eigenvalue weighted by molar-refractivity contribution is -0.144. The monoisotopic (exact) mass is 456 g/mol. The van der Waals surface area contributed by atoms with E-state index in [1.54, 1.807) is 0 Å². The van der Waals surface area contributed by atoms with Gasteiger partial charge in [-0.2, -0.15) is 0 Å². The molecule has 5 unspecified atom stereocenters. The largest absolute Gasteiger partial charge is 0.480 e. The number of carboxylic acids is 1. The number of likely N-dealkylation sites (tertiary alicyclic amines) is 1. The molecule has 0 aromatic heterocycles. The molecule has 0 spiro atoms. The Morgan fingerprint density at radius 3 is 2.09 bits per heavy atom. The minimum Gasteiger partial charge on any atom is -0.480 e. The van der Waals surface area contributed by atoms with Crippen LogP contribution in [0.5, 0.6) is 0 Å². The molecule has 32 heavy (non-hydrogen) atoms. The van der Waals surface area contributed by atoms with Crippen molar-refractivity contribution in [3.8, 4) is 0 Å². The van der Waals surface area contributed by atoms with E-state index in [1.807, 2.05) is 13.8 Å². The van der Waals surface area contributed by atoms with Crippen LogP contribution in [0, 0.1) is 5.92 Å². The summed E-state index contributed by atoms with van der Waals surface area (Å²) in [5.41, 5.74) is 16.1. The smallest absolute Gasteiger partial charge is 0.326 e. The summed E-state index contributed by atoms with van der Waals surface area (Å²) in [5.74, 6) is -5.63. The Hall–Kier alpha value is -3.22. The molecule has 0 saturated carbocycles. The number of hydrogen-bond donors (Lipinski definition) is 6. The van der Waals surface area contributed by atoms with Crippen LogP contribution in [0.3, 0.4) is 0 Å². The Kier molecular flexibility index (Phi) is 10.0. The third kappa shape index (κ3) is 7.48. The fraction of sp³-hybridized carbons (Fsp3) is 0.684. The highest BCUT2D eigenvalue weighted by Crippen LogP contribution is 2.21. The Bertz CT molecular complexity index is 758. The molecule has 0 aromatic rings. The van der Waals surface area contributed by atoms with Gasteiger partial charge in [0.2, 0.25) is 29.5 Å². The maximum Gasteiger partial charge on any atom is 0.326 e. The predicted molar refractivity (Wildman–Crippen MR) is 111 cm³/mol. The summed E-state index contributed by atoms with van der Waals surface area (Å²) in [7, 11) is 0. The van der Waals surface area contributed by atoms with Crippen LogP contribution >= 0.6 is 0 Å².